The minimum Gasteiger partial charge on any atom is -0.357 e. The van der Waals surface area contributed by atoms with Gasteiger partial charge in [-0.2, -0.15) is 0 Å². The van der Waals surface area contributed by atoms with E-state index in [4.69, 9.17) is 16.6 Å². The van der Waals surface area contributed by atoms with Crippen molar-refractivity contribution in [3.05, 3.63) is 34.9 Å². The standard InChI is InChI=1S/C22H34ClN5O.HI/c1-3-24-22(25-16-19-7-5-9-26(2)17-19)28-12-10-27(11-13-28)21(29)15-18-6-4-8-20(23)14-18;/h4,6,8,14,19H,3,5,7,9-13,15-17H2,1-2H3,(H,24,25);1H. The minimum atomic E-state index is 0. The van der Waals surface area contributed by atoms with Crippen molar-refractivity contribution in [2.75, 3.05) is 59.4 Å². The first kappa shape index (κ1) is 25.2. The van der Waals surface area contributed by atoms with Crippen LogP contribution in [0.4, 0.5) is 0 Å². The van der Waals surface area contributed by atoms with Crippen LogP contribution in [0.2, 0.25) is 5.02 Å². The third-order valence-corrected chi connectivity index (χ3v) is 5.97. The number of piperazine rings is 1. The van der Waals surface area contributed by atoms with Crippen LogP contribution in [0.15, 0.2) is 29.3 Å². The van der Waals surface area contributed by atoms with Crippen LogP contribution >= 0.6 is 35.6 Å². The van der Waals surface area contributed by atoms with E-state index < -0.39 is 0 Å². The average molecular weight is 548 g/mol. The molecule has 1 atom stereocenters. The van der Waals surface area contributed by atoms with Gasteiger partial charge < -0.3 is 20.0 Å². The maximum atomic E-state index is 12.7. The number of aliphatic imine (C=N–C) groups is 1. The summed E-state index contributed by atoms with van der Waals surface area (Å²) < 4.78 is 0. The normalized spacial score (nSPS) is 20.6. The molecule has 0 aliphatic carbocycles. The lowest BCUT2D eigenvalue weighted by Gasteiger charge is -2.37. The molecule has 2 aliphatic heterocycles. The molecule has 30 heavy (non-hydrogen) atoms. The van der Waals surface area contributed by atoms with Gasteiger partial charge in [-0.25, -0.2) is 0 Å². The van der Waals surface area contributed by atoms with Gasteiger partial charge in [-0.1, -0.05) is 23.7 Å². The van der Waals surface area contributed by atoms with Crippen LogP contribution in [0.25, 0.3) is 0 Å². The fourth-order valence-corrected chi connectivity index (χ4v) is 4.38. The summed E-state index contributed by atoms with van der Waals surface area (Å²) in [7, 11) is 2.20. The number of likely N-dealkylation sites (tertiary alicyclic amines) is 1. The van der Waals surface area contributed by atoms with Gasteiger partial charge in [-0.3, -0.25) is 9.79 Å². The molecule has 1 aromatic carbocycles. The molecule has 0 radical (unpaired) electrons. The topological polar surface area (TPSA) is 51.2 Å². The smallest absolute Gasteiger partial charge is 0.227 e. The highest BCUT2D eigenvalue weighted by Gasteiger charge is 2.24. The molecule has 1 N–H and O–H groups in total. The lowest BCUT2D eigenvalue weighted by molar-refractivity contribution is -0.131. The third kappa shape index (κ3) is 7.57. The Bertz CT molecular complexity index is 709. The van der Waals surface area contributed by atoms with E-state index in [0.717, 1.165) is 57.3 Å². The van der Waals surface area contributed by atoms with Gasteiger partial charge in [-0.15, -0.1) is 24.0 Å². The molecule has 0 aromatic heterocycles. The number of carbonyl (C=O) groups excluding carboxylic acids is 1. The van der Waals surface area contributed by atoms with Gasteiger partial charge in [0.05, 0.1) is 6.42 Å². The maximum absolute atomic E-state index is 12.7. The molecule has 1 aromatic rings. The molecule has 168 valence electrons. The highest BCUT2D eigenvalue weighted by atomic mass is 127. The molecule has 6 nitrogen and oxygen atoms in total. The molecular weight excluding hydrogens is 513 g/mol. The van der Waals surface area contributed by atoms with Crippen molar-refractivity contribution in [1.82, 2.24) is 20.0 Å². The number of carbonyl (C=O) groups is 1. The third-order valence-electron chi connectivity index (χ3n) is 5.73. The molecule has 0 saturated carbocycles. The second kappa shape index (κ2) is 12.7. The Hall–Kier alpha value is -1.06. The zero-order valence-corrected chi connectivity index (χ0v) is 21.2. The summed E-state index contributed by atoms with van der Waals surface area (Å²) in [6.07, 6.45) is 2.93. The van der Waals surface area contributed by atoms with Crippen molar-refractivity contribution in [1.29, 1.82) is 0 Å². The Balaban J connectivity index is 0.00000320. The first-order valence-corrected chi connectivity index (χ1v) is 11.2. The van der Waals surface area contributed by atoms with Gasteiger partial charge >= 0.3 is 0 Å². The van der Waals surface area contributed by atoms with Crippen LogP contribution in [0.1, 0.15) is 25.3 Å². The van der Waals surface area contributed by atoms with E-state index in [9.17, 15) is 4.79 Å². The van der Waals surface area contributed by atoms with Gasteiger partial charge in [0.15, 0.2) is 5.96 Å². The Labute approximate surface area is 203 Å². The molecule has 0 bridgehead atoms. The SMILES string of the molecule is CCNC(=NCC1CCCN(C)C1)N1CCN(C(=O)Cc2cccc(Cl)c2)CC1.I. The van der Waals surface area contributed by atoms with Crippen molar-refractivity contribution < 1.29 is 4.79 Å². The molecule has 2 heterocycles. The number of nitrogens with zero attached hydrogens (tertiary/aromatic N) is 4. The summed E-state index contributed by atoms with van der Waals surface area (Å²) in [5, 5.41) is 4.11. The molecule has 2 fully saturated rings. The van der Waals surface area contributed by atoms with E-state index in [2.05, 4.69) is 29.1 Å². The second-order valence-electron chi connectivity index (χ2n) is 8.14. The zero-order chi connectivity index (χ0) is 20.6. The average Bonchev–Trinajstić information content (AvgIpc) is 2.71. The number of rotatable bonds is 5. The zero-order valence-electron chi connectivity index (χ0n) is 18.1. The summed E-state index contributed by atoms with van der Waals surface area (Å²) in [5.74, 6) is 1.80. The molecule has 8 heteroatoms. The molecule has 2 saturated heterocycles. The lowest BCUT2D eigenvalue weighted by Crippen LogP contribution is -2.54. The van der Waals surface area contributed by atoms with Crippen LogP contribution in [-0.4, -0.2) is 86.0 Å². The van der Waals surface area contributed by atoms with Gasteiger partial charge in [0, 0.05) is 50.8 Å². The van der Waals surface area contributed by atoms with Crippen LogP contribution in [-0.2, 0) is 11.2 Å². The number of halogens is 2. The van der Waals surface area contributed by atoms with Gasteiger partial charge in [0.2, 0.25) is 5.91 Å². The van der Waals surface area contributed by atoms with E-state index in [0.29, 0.717) is 17.4 Å². The quantitative estimate of drug-likeness (QED) is 0.350. The van der Waals surface area contributed by atoms with Crippen molar-refractivity contribution in [2.45, 2.75) is 26.2 Å². The summed E-state index contributed by atoms with van der Waals surface area (Å²) in [4.78, 5) is 24.2. The maximum Gasteiger partial charge on any atom is 0.227 e. The summed E-state index contributed by atoms with van der Waals surface area (Å²) in [6.45, 7) is 9.27. The Morgan fingerprint density at radius 1 is 1.20 bits per heavy atom. The van der Waals surface area contributed by atoms with Crippen LogP contribution in [0, 0.1) is 5.92 Å². The number of amides is 1. The first-order chi connectivity index (χ1) is 14.0. The number of hydrogen-bond donors (Lipinski definition) is 1. The minimum absolute atomic E-state index is 0. The van der Waals surface area contributed by atoms with E-state index in [1.165, 1.54) is 19.4 Å². The molecule has 3 rings (SSSR count). The summed E-state index contributed by atoms with van der Waals surface area (Å²) >= 11 is 6.04. The molecular formula is C22H35ClIN5O. The van der Waals surface area contributed by atoms with Crippen LogP contribution < -0.4 is 5.32 Å². The molecule has 0 spiro atoms. The largest absolute Gasteiger partial charge is 0.357 e. The van der Waals surface area contributed by atoms with E-state index >= 15 is 0 Å². The summed E-state index contributed by atoms with van der Waals surface area (Å²) in [6, 6.07) is 7.56. The van der Waals surface area contributed by atoms with Gasteiger partial charge in [0.1, 0.15) is 0 Å². The van der Waals surface area contributed by atoms with Crippen LogP contribution in [0.3, 0.4) is 0 Å². The van der Waals surface area contributed by atoms with Crippen molar-refractivity contribution in [2.24, 2.45) is 10.9 Å². The second-order valence-corrected chi connectivity index (χ2v) is 8.58. The number of nitrogens with one attached hydrogen (secondary N) is 1. The molecule has 1 amide bonds. The van der Waals surface area contributed by atoms with Crippen LogP contribution in [0.5, 0.6) is 0 Å². The van der Waals surface area contributed by atoms with Crippen molar-refractivity contribution in [3.8, 4) is 0 Å². The predicted octanol–water partition coefficient (Wildman–Crippen LogP) is 2.95. The van der Waals surface area contributed by atoms with E-state index in [1.54, 1.807) is 0 Å². The predicted molar refractivity (Wildman–Crippen MR) is 135 cm³/mol. The number of hydrogen-bond acceptors (Lipinski definition) is 3. The highest BCUT2D eigenvalue weighted by Crippen LogP contribution is 2.16. The van der Waals surface area contributed by atoms with Gasteiger partial charge in [0.25, 0.3) is 0 Å². The number of piperidine rings is 1. The number of benzene rings is 1. The molecule has 1 unspecified atom stereocenters. The van der Waals surface area contributed by atoms with Crippen molar-refractivity contribution in [3.63, 3.8) is 0 Å². The van der Waals surface area contributed by atoms with Gasteiger partial charge in [-0.05, 0) is 57.0 Å². The van der Waals surface area contributed by atoms with E-state index in [-0.39, 0.29) is 29.9 Å². The van der Waals surface area contributed by atoms with E-state index in [1.807, 2.05) is 29.2 Å². The fraction of sp³-hybridized carbons (Fsp3) is 0.636. The number of guanidine groups is 1. The fourth-order valence-electron chi connectivity index (χ4n) is 4.16. The Morgan fingerprint density at radius 3 is 2.60 bits per heavy atom. The highest BCUT2D eigenvalue weighted by molar-refractivity contribution is 14.0. The summed E-state index contributed by atoms with van der Waals surface area (Å²) in [5.41, 5.74) is 0.970. The Morgan fingerprint density at radius 2 is 1.93 bits per heavy atom. The van der Waals surface area contributed by atoms with Crippen molar-refractivity contribution >= 4 is 47.4 Å². The molecule has 2 aliphatic rings. The Kier molecular flexibility index (Phi) is 10.7. The monoisotopic (exact) mass is 547 g/mol. The first-order valence-electron chi connectivity index (χ1n) is 10.8. The lowest BCUT2D eigenvalue weighted by atomic mass is 9.99.